The van der Waals surface area contributed by atoms with E-state index in [1.54, 1.807) is 7.11 Å². The summed E-state index contributed by atoms with van der Waals surface area (Å²) in [5.41, 5.74) is 2.43. The van der Waals surface area contributed by atoms with Crippen molar-refractivity contribution in [2.24, 2.45) is 0 Å². The monoisotopic (exact) mass is 229 g/mol. The van der Waals surface area contributed by atoms with Crippen LogP contribution in [0.1, 0.15) is 5.56 Å². The number of likely N-dealkylation sites (N-methyl/N-ethyl adjacent to an activating group) is 1. The highest BCUT2D eigenvalue weighted by Gasteiger charge is 2.20. The largest absolute Gasteiger partial charge is 0.507 e. The minimum absolute atomic E-state index is 0.343. The Balaban J connectivity index is 2.36. The van der Waals surface area contributed by atoms with Gasteiger partial charge in [0.2, 0.25) is 0 Å². The molecule has 1 aliphatic heterocycles. The van der Waals surface area contributed by atoms with E-state index in [2.05, 4.69) is 11.9 Å². The SMILES string of the molecule is COc1ccc2c(O)cc3c(c2c1)CCN3C. The third-order valence-electron chi connectivity index (χ3n) is 3.52. The molecule has 2 aromatic rings. The van der Waals surface area contributed by atoms with Crippen LogP contribution in [0.5, 0.6) is 11.5 Å². The van der Waals surface area contributed by atoms with E-state index in [1.165, 1.54) is 5.56 Å². The number of aromatic hydroxyl groups is 1. The molecule has 0 saturated heterocycles. The Hall–Kier alpha value is -1.90. The van der Waals surface area contributed by atoms with Crippen LogP contribution in [0.25, 0.3) is 10.8 Å². The lowest BCUT2D eigenvalue weighted by atomic mass is 10.0. The second kappa shape index (κ2) is 3.55. The lowest BCUT2D eigenvalue weighted by Crippen LogP contribution is -2.12. The van der Waals surface area contributed by atoms with Crippen molar-refractivity contribution in [1.82, 2.24) is 0 Å². The molecule has 3 rings (SSSR count). The molecule has 0 aromatic heterocycles. The quantitative estimate of drug-likeness (QED) is 0.815. The summed E-state index contributed by atoms with van der Waals surface area (Å²) in [6.45, 7) is 1.01. The van der Waals surface area contributed by atoms with E-state index in [0.29, 0.717) is 5.75 Å². The van der Waals surface area contributed by atoms with Gasteiger partial charge < -0.3 is 14.7 Å². The van der Waals surface area contributed by atoms with Gasteiger partial charge in [0.25, 0.3) is 0 Å². The first kappa shape index (κ1) is 10.3. The smallest absolute Gasteiger partial charge is 0.125 e. The number of ether oxygens (including phenoxy) is 1. The molecule has 0 spiro atoms. The number of fused-ring (bicyclic) bond motifs is 3. The topological polar surface area (TPSA) is 32.7 Å². The summed E-state index contributed by atoms with van der Waals surface area (Å²) >= 11 is 0. The van der Waals surface area contributed by atoms with E-state index in [-0.39, 0.29) is 0 Å². The molecule has 0 atom stereocenters. The maximum atomic E-state index is 10.0. The van der Waals surface area contributed by atoms with Crippen LogP contribution in [0.3, 0.4) is 0 Å². The summed E-state index contributed by atoms with van der Waals surface area (Å²) in [4.78, 5) is 2.17. The summed E-state index contributed by atoms with van der Waals surface area (Å²) in [6, 6.07) is 7.67. The van der Waals surface area contributed by atoms with Crippen molar-refractivity contribution >= 4 is 16.5 Å². The van der Waals surface area contributed by atoms with Crippen LogP contribution in [-0.2, 0) is 6.42 Å². The fourth-order valence-electron chi connectivity index (χ4n) is 2.56. The molecule has 0 fully saturated rings. The maximum absolute atomic E-state index is 10.0. The highest BCUT2D eigenvalue weighted by Crippen LogP contribution is 2.40. The number of hydrogen-bond acceptors (Lipinski definition) is 3. The minimum Gasteiger partial charge on any atom is -0.507 e. The third-order valence-corrected chi connectivity index (χ3v) is 3.52. The van der Waals surface area contributed by atoms with Gasteiger partial charge in [0.05, 0.1) is 7.11 Å². The van der Waals surface area contributed by atoms with E-state index in [4.69, 9.17) is 4.74 Å². The van der Waals surface area contributed by atoms with Crippen LogP contribution in [-0.4, -0.2) is 25.8 Å². The molecule has 0 unspecified atom stereocenters. The molecule has 0 bridgehead atoms. The molecule has 0 aliphatic carbocycles. The summed E-state index contributed by atoms with van der Waals surface area (Å²) in [5, 5.41) is 12.1. The molecule has 1 N–H and O–H groups in total. The van der Waals surface area contributed by atoms with Crippen molar-refractivity contribution in [2.45, 2.75) is 6.42 Å². The summed E-state index contributed by atoms with van der Waals surface area (Å²) in [7, 11) is 3.72. The van der Waals surface area contributed by atoms with Gasteiger partial charge in [-0.3, -0.25) is 0 Å². The van der Waals surface area contributed by atoms with Gasteiger partial charge in [-0.25, -0.2) is 0 Å². The maximum Gasteiger partial charge on any atom is 0.125 e. The van der Waals surface area contributed by atoms with Gasteiger partial charge in [-0.1, -0.05) is 0 Å². The molecule has 0 radical (unpaired) electrons. The van der Waals surface area contributed by atoms with Crippen LogP contribution in [0, 0.1) is 0 Å². The lowest BCUT2D eigenvalue weighted by Gasteiger charge is -2.14. The molecule has 1 aliphatic rings. The number of rotatable bonds is 1. The lowest BCUT2D eigenvalue weighted by molar-refractivity contribution is 0.415. The average molecular weight is 229 g/mol. The van der Waals surface area contributed by atoms with E-state index >= 15 is 0 Å². The molecule has 3 nitrogen and oxygen atoms in total. The molecule has 17 heavy (non-hydrogen) atoms. The second-order valence-corrected chi connectivity index (χ2v) is 4.48. The van der Waals surface area contributed by atoms with Gasteiger partial charge in [-0.15, -0.1) is 0 Å². The zero-order valence-corrected chi connectivity index (χ0v) is 10.0. The fourth-order valence-corrected chi connectivity index (χ4v) is 2.56. The van der Waals surface area contributed by atoms with Crippen molar-refractivity contribution in [3.05, 3.63) is 29.8 Å². The van der Waals surface area contributed by atoms with Crippen molar-refractivity contribution in [2.75, 3.05) is 25.6 Å². The minimum atomic E-state index is 0.343. The number of methoxy groups -OCH3 is 1. The standard InChI is InChI=1S/C14H15NO2/c1-15-6-5-10-12-7-9(17-2)3-4-11(12)14(16)8-13(10)15/h3-4,7-8,16H,5-6H2,1-2H3. The van der Waals surface area contributed by atoms with Crippen molar-refractivity contribution in [1.29, 1.82) is 0 Å². The van der Waals surface area contributed by atoms with Crippen molar-refractivity contribution < 1.29 is 9.84 Å². The highest BCUT2D eigenvalue weighted by molar-refractivity contribution is 5.96. The van der Waals surface area contributed by atoms with E-state index in [1.807, 2.05) is 24.3 Å². The average Bonchev–Trinajstić information content (AvgIpc) is 2.71. The normalized spacial score (nSPS) is 14.1. The Morgan fingerprint density at radius 2 is 2.06 bits per heavy atom. The van der Waals surface area contributed by atoms with Crippen LogP contribution in [0.4, 0.5) is 5.69 Å². The van der Waals surface area contributed by atoms with Gasteiger partial charge in [-0.05, 0) is 35.6 Å². The predicted octanol–water partition coefficient (Wildman–Crippen LogP) is 2.55. The van der Waals surface area contributed by atoms with E-state index in [0.717, 1.165) is 35.2 Å². The first-order valence-electron chi connectivity index (χ1n) is 5.74. The summed E-state index contributed by atoms with van der Waals surface area (Å²) in [5.74, 6) is 1.18. The highest BCUT2D eigenvalue weighted by atomic mass is 16.5. The number of hydrogen-bond donors (Lipinski definition) is 1. The summed E-state index contributed by atoms with van der Waals surface area (Å²) in [6.07, 6.45) is 1.02. The Kier molecular flexibility index (Phi) is 2.15. The van der Waals surface area contributed by atoms with Crippen LogP contribution < -0.4 is 9.64 Å². The van der Waals surface area contributed by atoms with Crippen molar-refractivity contribution in [3.63, 3.8) is 0 Å². The first-order valence-corrected chi connectivity index (χ1v) is 5.74. The van der Waals surface area contributed by atoms with Gasteiger partial charge in [-0.2, -0.15) is 0 Å². The molecule has 0 saturated carbocycles. The molecule has 0 amide bonds. The van der Waals surface area contributed by atoms with Gasteiger partial charge in [0.15, 0.2) is 0 Å². The van der Waals surface area contributed by atoms with Crippen LogP contribution in [0.15, 0.2) is 24.3 Å². The number of nitrogens with zero attached hydrogens (tertiary/aromatic N) is 1. The van der Waals surface area contributed by atoms with Gasteiger partial charge in [0.1, 0.15) is 11.5 Å². The Labute approximate surface area is 100 Å². The van der Waals surface area contributed by atoms with E-state index < -0.39 is 0 Å². The first-order chi connectivity index (χ1) is 8.20. The number of anilines is 1. The second-order valence-electron chi connectivity index (χ2n) is 4.48. The zero-order chi connectivity index (χ0) is 12.0. The Morgan fingerprint density at radius 3 is 2.82 bits per heavy atom. The van der Waals surface area contributed by atoms with Gasteiger partial charge >= 0.3 is 0 Å². The van der Waals surface area contributed by atoms with Gasteiger partial charge in [0, 0.05) is 30.7 Å². The van der Waals surface area contributed by atoms with Crippen LogP contribution in [0.2, 0.25) is 0 Å². The van der Waals surface area contributed by atoms with Crippen molar-refractivity contribution in [3.8, 4) is 11.5 Å². The Bertz CT molecular complexity index is 592. The third kappa shape index (κ3) is 1.42. The number of phenols is 1. The molecular formula is C14H15NO2. The predicted molar refractivity (Wildman–Crippen MR) is 69.1 cm³/mol. The molecule has 3 heteroatoms. The van der Waals surface area contributed by atoms with E-state index in [9.17, 15) is 5.11 Å². The summed E-state index contributed by atoms with van der Waals surface area (Å²) < 4.78 is 5.25. The number of benzene rings is 2. The molecule has 1 heterocycles. The van der Waals surface area contributed by atoms with Crippen LogP contribution >= 0.6 is 0 Å². The fraction of sp³-hybridized carbons (Fsp3) is 0.286. The number of phenolic OH excluding ortho intramolecular Hbond substituents is 1. The Morgan fingerprint density at radius 1 is 1.24 bits per heavy atom. The molecule has 88 valence electrons. The molecular weight excluding hydrogens is 214 g/mol. The zero-order valence-electron chi connectivity index (χ0n) is 10.0. The molecule has 2 aromatic carbocycles.